The first kappa shape index (κ1) is 15.1. The molecule has 1 atom stereocenters. The van der Waals surface area contributed by atoms with E-state index in [1.165, 1.54) is 0 Å². The van der Waals surface area contributed by atoms with Crippen LogP contribution in [-0.2, 0) is 23.1 Å². The molecule has 17 heavy (non-hydrogen) atoms. The molecule has 0 N–H and O–H groups in total. The summed E-state index contributed by atoms with van der Waals surface area (Å²) in [5.74, 6) is 0. The van der Waals surface area contributed by atoms with Crippen molar-refractivity contribution in [3.05, 3.63) is 0 Å². The van der Waals surface area contributed by atoms with E-state index < -0.39 is 8.56 Å². The van der Waals surface area contributed by atoms with Crippen LogP contribution in [0.25, 0.3) is 0 Å². The Balaban J connectivity index is 2.12. The lowest BCUT2D eigenvalue weighted by Crippen LogP contribution is -2.45. The summed E-state index contributed by atoms with van der Waals surface area (Å²) in [6.45, 7) is 4.95. The minimum absolute atomic E-state index is 0.338. The summed E-state index contributed by atoms with van der Waals surface area (Å²) in [6, 6.07) is 0.894. The number of rotatable bonds is 11. The second-order valence-corrected chi connectivity index (χ2v) is 7.52. The quantitative estimate of drug-likeness (QED) is 0.318. The smallest absolute Gasteiger partial charge is 0.364 e. The van der Waals surface area contributed by atoms with Gasteiger partial charge in [0.25, 0.3) is 0 Å². The number of epoxide rings is 1. The predicted octanol–water partition coefficient (Wildman–Crippen LogP) is 1.10. The van der Waals surface area contributed by atoms with Gasteiger partial charge in [-0.25, -0.2) is 0 Å². The average Bonchev–Trinajstić information content (AvgIpc) is 3.17. The first-order valence-corrected chi connectivity index (χ1v) is 8.37. The van der Waals surface area contributed by atoms with E-state index in [4.69, 9.17) is 23.1 Å². The van der Waals surface area contributed by atoms with E-state index in [0.717, 1.165) is 25.7 Å². The van der Waals surface area contributed by atoms with Gasteiger partial charge >= 0.3 is 8.56 Å². The minimum Gasteiger partial charge on any atom is -0.396 e. The first-order chi connectivity index (χ1) is 8.26. The van der Waals surface area contributed by atoms with Crippen molar-refractivity contribution in [3.8, 4) is 0 Å². The molecule has 1 heterocycles. The fourth-order valence-corrected chi connectivity index (χ4v) is 3.71. The Morgan fingerprint density at radius 1 is 1.24 bits per heavy atom. The molecule has 5 nitrogen and oxygen atoms in total. The van der Waals surface area contributed by atoms with Crippen LogP contribution in [0, 0.1) is 0 Å². The van der Waals surface area contributed by atoms with E-state index >= 15 is 0 Å². The molecule has 1 rings (SSSR count). The lowest BCUT2D eigenvalue weighted by Gasteiger charge is -2.26. The SMILES string of the molecule is CCOC[Si](CCCOCC1CO1)(OC)OC. The highest BCUT2D eigenvalue weighted by molar-refractivity contribution is 6.67. The standard InChI is InChI=1S/C11H24O5Si/c1-4-14-10-17(12-2,13-3)7-5-6-15-8-11-9-16-11/h11H,4-10H2,1-3H3. The zero-order valence-electron chi connectivity index (χ0n) is 11.1. The summed E-state index contributed by atoms with van der Waals surface area (Å²) in [7, 11) is 1.24. The zero-order valence-corrected chi connectivity index (χ0v) is 12.1. The third kappa shape index (κ3) is 5.94. The maximum atomic E-state index is 5.54. The Hall–Kier alpha value is 0.0169. The molecular weight excluding hydrogens is 240 g/mol. The van der Waals surface area contributed by atoms with Crippen molar-refractivity contribution in [2.45, 2.75) is 25.5 Å². The van der Waals surface area contributed by atoms with Crippen molar-refractivity contribution in [1.82, 2.24) is 0 Å². The Bertz CT molecular complexity index is 194. The molecule has 1 aliphatic heterocycles. The van der Waals surface area contributed by atoms with Crippen LogP contribution in [-0.4, -0.2) is 61.5 Å². The van der Waals surface area contributed by atoms with Crippen LogP contribution in [0.15, 0.2) is 0 Å². The van der Waals surface area contributed by atoms with Crippen LogP contribution in [0.5, 0.6) is 0 Å². The minimum atomic E-state index is -2.16. The number of hydrogen-bond acceptors (Lipinski definition) is 5. The van der Waals surface area contributed by atoms with E-state index in [-0.39, 0.29) is 0 Å². The molecule has 6 heteroatoms. The average molecular weight is 264 g/mol. The van der Waals surface area contributed by atoms with Gasteiger partial charge in [-0.1, -0.05) is 0 Å². The largest absolute Gasteiger partial charge is 0.396 e. The van der Waals surface area contributed by atoms with E-state index in [2.05, 4.69) is 0 Å². The molecule has 0 aliphatic carbocycles. The lowest BCUT2D eigenvalue weighted by atomic mass is 10.5. The Morgan fingerprint density at radius 3 is 2.47 bits per heavy atom. The lowest BCUT2D eigenvalue weighted by molar-refractivity contribution is 0.109. The van der Waals surface area contributed by atoms with E-state index in [9.17, 15) is 0 Å². The molecule has 102 valence electrons. The zero-order chi connectivity index (χ0) is 12.6. The summed E-state index contributed by atoms with van der Waals surface area (Å²) in [5.41, 5.74) is 0. The monoisotopic (exact) mass is 264 g/mol. The van der Waals surface area contributed by atoms with Crippen LogP contribution >= 0.6 is 0 Å². The van der Waals surface area contributed by atoms with Crippen molar-refractivity contribution >= 4 is 8.56 Å². The normalized spacial score (nSPS) is 19.6. The second kappa shape index (κ2) is 8.18. The van der Waals surface area contributed by atoms with Gasteiger partial charge in [0.15, 0.2) is 0 Å². The molecule has 0 spiro atoms. The van der Waals surface area contributed by atoms with Gasteiger partial charge in [0, 0.05) is 27.4 Å². The summed E-state index contributed by atoms with van der Waals surface area (Å²) in [6.07, 6.45) is 1.86. The van der Waals surface area contributed by atoms with Crippen LogP contribution in [0.4, 0.5) is 0 Å². The molecule has 0 bridgehead atoms. The predicted molar refractivity (Wildman–Crippen MR) is 66.2 cm³/mol. The Kier molecular flexibility index (Phi) is 7.25. The Morgan fingerprint density at radius 2 is 1.94 bits per heavy atom. The first-order valence-electron chi connectivity index (χ1n) is 6.13. The number of ether oxygens (including phenoxy) is 3. The maximum Gasteiger partial charge on any atom is 0.364 e. The summed E-state index contributed by atoms with van der Waals surface area (Å²) < 4.78 is 27.1. The molecular formula is C11H24O5Si. The van der Waals surface area contributed by atoms with Crippen molar-refractivity contribution in [1.29, 1.82) is 0 Å². The number of hydrogen-bond donors (Lipinski definition) is 0. The molecule has 1 unspecified atom stereocenters. The molecule has 0 radical (unpaired) electrons. The molecule has 0 amide bonds. The van der Waals surface area contributed by atoms with Crippen LogP contribution in [0.2, 0.25) is 6.04 Å². The van der Waals surface area contributed by atoms with Gasteiger partial charge in [0.2, 0.25) is 0 Å². The summed E-state index contributed by atoms with van der Waals surface area (Å²) in [4.78, 5) is 0. The molecule has 0 aromatic heterocycles. The maximum absolute atomic E-state index is 5.54. The summed E-state index contributed by atoms with van der Waals surface area (Å²) >= 11 is 0. The summed E-state index contributed by atoms with van der Waals surface area (Å²) in [5, 5.41) is 0. The van der Waals surface area contributed by atoms with Crippen LogP contribution < -0.4 is 0 Å². The third-order valence-electron chi connectivity index (χ3n) is 2.82. The van der Waals surface area contributed by atoms with Crippen LogP contribution in [0.1, 0.15) is 13.3 Å². The molecule has 0 aromatic carbocycles. The highest BCUT2D eigenvalue weighted by Crippen LogP contribution is 2.15. The fraction of sp³-hybridized carbons (Fsp3) is 1.00. The van der Waals surface area contributed by atoms with E-state index in [1.807, 2.05) is 6.92 Å². The van der Waals surface area contributed by atoms with Crippen LogP contribution in [0.3, 0.4) is 0 Å². The van der Waals surface area contributed by atoms with Gasteiger partial charge in [-0.3, -0.25) is 0 Å². The van der Waals surface area contributed by atoms with Gasteiger partial charge in [0.1, 0.15) is 6.10 Å². The van der Waals surface area contributed by atoms with Gasteiger partial charge < -0.3 is 23.1 Å². The topological polar surface area (TPSA) is 49.5 Å². The molecule has 1 fully saturated rings. The van der Waals surface area contributed by atoms with Gasteiger partial charge in [0.05, 0.1) is 19.4 Å². The highest BCUT2D eigenvalue weighted by Gasteiger charge is 2.35. The van der Waals surface area contributed by atoms with E-state index in [0.29, 0.717) is 25.5 Å². The molecule has 1 aliphatic rings. The van der Waals surface area contributed by atoms with Gasteiger partial charge in [-0.2, -0.15) is 0 Å². The molecule has 0 saturated carbocycles. The molecule has 1 saturated heterocycles. The molecule has 0 aromatic rings. The Labute approximate surface area is 105 Å². The van der Waals surface area contributed by atoms with E-state index in [1.54, 1.807) is 14.2 Å². The van der Waals surface area contributed by atoms with Crippen molar-refractivity contribution in [2.75, 3.05) is 46.9 Å². The van der Waals surface area contributed by atoms with Gasteiger partial charge in [-0.15, -0.1) is 0 Å². The van der Waals surface area contributed by atoms with Gasteiger partial charge in [-0.05, 0) is 19.4 Å². The van der Waals surface area contributed by atoms with Crippen molar-refractivity contribution in [3.63, 3.8) is 0 Å². The second-order valence-electron chi connectivity index (χ2n) is 4.09. The highest BCUT2D eigenvalue weighted by atomic mass is 28.4. The van der Waals surface area contributed by atoms with Crippen molar-refractivity contribution < 1.29 is 23.1 Å². The van der Waals surface area contributed by atoms with Crippen molar-refractivity contribution in [2.24, 2.45) is 0 Å². The fourth-order valence-electron chi connectivity index (χ4n) is 1.56. The third-order valence-corrected chi connectivity index (χ3v) is 6.07.